The van der Waals surface area contributed by atoms with Gasteiger partial charge in [-0.3, -0.25) is 0 Å². The molecule has 1 aliphatic carbocycles. The lowest BCUT2D eigenvalue weighted by Crippen LogP contribution is -2.09. The molecule has 0 saturated heterocycles. The van der Waals surface area contributed by atoms with Gasteiger partial charge in [-0.25, -0.2) is 0 Å². The molecule has 1 aliphatic rings. The van der Waals surface area contributed by atoms with Crippen LogP contribution in [0.25, 0.3) is 5.65 Å². The van der Waals surface area contributed by atoms with Crippen LogP contribution in [-0.4, -0.2) is 19.8 Å². The molecule has 4 nitrogen and oxygen atoms in total. The summed E-state index contributed by atoms with van der Waals surface area (Å²) in [6, 6.07) is 2.09. The third kappa shape index (κ3) is 1.40. The summed E-state index contributed by atoms with van der Waals surface area (Å²) in [5.41, 5.74) is 3.31. The van der Waals surface area contributed by atoms with Gasteiger partial charge in [-0.05, 0) is 37.3 Å². The molecule has 2 heterocycles. The molecule has 0 spiro atoms. The highest BCUT2D eigenvalue weighted by Crippen LogP contribution is 2.20. The number of alkyl halides is 1. The molecule has 2 aromatic heterocycles. The predicted octanol–water partition coefficient (Wildman–Crippen LogP) is 1.74. The van der Waals surface area contributed by atoms with Gasteiger partial charge in [0.15, 0.2) is 11.5 Å². The Labute approximate surface area is 92.3 Å². The Balaban J connectivity index is 2.23. The Morgan fingerprint density at radius 2 is 2.13 bits per heavy atom. The van der Waals surface area contributed by atoms with Gasteiger partial charge in [0.05, 0.1) is 11.6 Å². The Hall–Kier alpha value is -1.16. The van der Waals surface area contributed by atoms with Gasteiger partial charge >= 0.3 is 0 Å². The molecule has 5 heteroatoms. The lowest BCUT2D eigenvalue weighted by molar-refractivity contribution is 0.645. The van der Waals surface area contributed by atoms with Crippen molar-refractivity contribution in [3.63, 3.8) is 0 Å². The van der Waals surface area contributed by atoms with Crippen molar-refractivity contribution in [2.24, 2.45) is 0 Å². The molecular weight excluding hydrogens is 212 g/mol. The van der Waals surface area contributed by atoms with Crippen LogP contribution in [0.2, 0.25) is 0 Å². The molecule has 0 N–H and O–H groups in total. The highest BCUT2D eigenvalue weighted by Gasteiger charge is 2.14. The molecule has 0 amide bonds. The van der Waals surface area contributed by atoms with Crippen LogP contribution in [0.1, 0.15) is 29.9 Å². The second-order valence-electron chi connectivity index (χ2n) is 3.84. The van der Waals surface area contributed by atoms with Gasteiger partial charge in [-0.15, -0.1) is 21.8 Å². The summed E-state index contributed by atoms with van der Waals surface area (Å²) < 4.78 is 1.76. The molecule has 0 atom stereocenters. The van der Waals surface area contributed by atoms with Gasteiger partial charge < -0.3 is 0 Å². The number of aryl methyl sites for hydroxylation is 2. The number of fused-ring (bicyclic) bond motifs is 2. The average molecular weight is 223 g/mol. The first-order valence-electron chi connectivity index (χ1n) is 5.17. The molecular formula is C10H11ClN4. The van der Waals surface area contributed by atoms with Gasteiger partial charge in [-0.1, -0.05) is 0 Å². The lowest BCUT2D eigenvalue weighted by atomic mass is 9.97. The van der Waals surface area contributed by atoms with E-state index in [4.69, 9.17) is 11.6 Å². The first-order chi connectivity index (χ1) is 7.38. The molecule has 2 aromatic rings. The van der Waals surface area contributed by atoms with Crippen molar-refractivity contribution in [2.75, 3.05) is 0 Å². The Morgan fingerprint density at radius 3 is 3.00 bits per heavy atom. The molecule has 0 fully saturated rings. The van der Waals surface area contributed by atoms with Crippen molar-refractivity contribution < 1.29 is 0 Å². The SMILES string of the molecule is ClCc1nnc2cc3c(nn12)CCCC3. The van der Waals surface area contributed by atoms with E-state index in [0.29, 0.717) is 5.88 Å². The molecule has 0 bridgehead atoms. The highest BCUT2D eigenvalue weighted by atomic mass is 35.5. The number of hydrogen-bond donors (Lipinski definition) is 0. The second kappa shape index (κ2) is 3.45. The number of aromatic nitrogens is 4. The van der Waals surface area contributed by atoms with Gasteiger partial charge in [0.1, 0.15) is 0 Å². The maximum absolute atomic E-state index is 5.77. The standard InChI is InChI=1S/C10H11ClN4/c11-6-10-13-12-9-5-7-3-1-2-4-8(7)14-15(9)10/h5H,1-4,6H2. The summed E-state index contributed by atoms with van der Waals surface area (Å²) in [7, 11) is 0. The first kappa shape index (κ1) is 9.09. The number of halogens is 1. The first-order valence-corrected chi connectivity index (χ1v) is 5.71. The predicted molar refractivity (Wildman–Crippen MR) is 57.0 cm³/mol. The van der Waals surface area contributed by atoms with Crippen molar-refractivity contribution in [2.45, 2.75) is 31.6 Å². The van der Waals surface area contributed by atoms with Gasteiger partial charge in [0.25, 0.3) is 0 Å². The van der Waals surface area contributed by atoms with Gasteiger partial charge in [0, 0.05) is 0 Å². The Kier molecular flexibility index (Phi) is 2.09. The van der Waals surface area contributed by atoms with Crippen LogP contribution in [0.3, 0.4) is 0 Å². The van der Waals surface area contributed by atoms with Gasteiger partial charge in [-0.2, -0.15) is 9.61 Å². The summed E-state index contributed by atoms with van der Waals surface area (Å²) in [6.45, 7) is 0. The van der Waals surface area contributed by atoms with E-state index < -0.39 is 0 Å². The molecule has 0 saturated carbocycles. The summed E-state index contributed by atoms with van der Waals surface area (Å²) in [4.78, 5) is 0. The van der Waals surface area contributed by atoms with Crippen molar-refractivity contribution >= 4 is 17.2 Å². The lowest BCUT2D eigenvalue weighted by Gasteiger charge is -2.13. The van der Waals surface area contributed by atoms with Crippen LogP contribution in [0, 0.1) is 0 Å². The zero-order valence-electron chi connectivity index (χ0n) is 8.28. The molecule has 0 unspecified atom stereocenters. The van der Waals surface area contributed by atoms with E-state index in [0.717, 1.165) is 24.3 Å². The van der Waals surface area contributed by atoms with E-state index >= 15 is 0 Å². The van der Waals surface area contributed by atoms with Crippen molar-refractivity contribution in [3.05, 3.63) is 23.1 Å². The van der Waals surface area contributed by atoms with Crippen LogP contribution >= 0.6 is 11.6 Å². The van der Waals surface area contributed by atoms with E-state index in [1.165, 1.54) is 24.1 Å². The topological polar surface area (TPSA) is 43.1 Å². The summed E-state index contributed by atoms with van der Waals surface area (Å²) >= 11 is 5.77. The molecule has 15 heavy (non-hydrogen) atoms. The fraction of sp³-hybridized carbons (Fsp3) is 0.500. The smallest absolute Gasteiger partial charge is 0.178 e. The Bertz CT molecular complexity index is 505. The average Bonchev–Trinajstić information content (AvgIpc) is 2.68. The quantitative estimate of drug-likeness (QED) is 0.691. The molecule has 3 rings (SSSR count). The maximum Gasteiger partial charge on any atom is 0.178 e. The normalized spacial score (nSPS) is 15.5. The molecule has 0 aliphatic heterocycles. The molecule has 0 radical (unpaired) electrons. The zero-order valence-corrected chi connectivity index (χ0v) is 9.04. The zero-order chi connectivity index (χ0) is 10.3. The maximum atomic E-state index is 5.77. The van der Waals surface area contributed by atoms with Crippen LogP contribution < -0.4 is 0 Å². The minimum absolute atomic E-state index is 0.354. The molecule has 0 aromatic carbocycles. The van der Waals surface area contributed by atoms with Gasteiger partial charge in [0.2, 0.25) is 0 Å². The van der Waals surface area contributed by atoms with Crippen LogP contribution in [0.15, 0.2) is 6.07 Å². The van der Waals surface area contributed by atoms with E-state index in [1.807, 2.05) is 0 Å². The minimum Gasteiger partial charge on any atom is -0.196 e. The third-order valence-corrected chi connectivity index (χ3v) is 3.09. The number of rotatable bonds is 1. The monoisotopic (exact) mass is 222 g/mol. The van der Waals surface area contributed by atoms with E-state index in [-0.39, 0.29) is 0 Å². The fourth-order valence-electron chi connectivity index (χ4n) is 2.07. The molecule has 78 valence electrons. The summed E-state index contributed by atoms with van der Waals surface area (Å²) in [6.07, 6.45) is 4.65. The van der Waals surface area contributed by atoms with Crippen molar-refractivity contribution in [1.29, 1.82) is 0 Å². The van der Waals surface area contributed by atoms with Crippen LogP contribution in [0.5, 0.6) is 0 Å². The van der Waals surface area contributed by atoms with Crippen LogP contribution in [-0.2, 0) is 18.7 Å². The van der Waals surface area contributed by atoms with Crippen LogP contribution in [0.4, 0.5) is 0 Å². The number of nitrogens with zero attached hydrogens (tertiary/aromatic N) is 4. The summed E-state index contributed by atoms with van der Waals surface area (Å²) in [5.74, 6) is 1.08. The highest BCUT2D eigenvalue weighted by molar-refractivity contribution is 6.16. The fourth-order valence-corrected chi connectivity index (χ4v) is 2.23. The van der Waals surface area contributed by atoms with Crippen molar-refractivity contribution in [3.8, 4) is 0 Å². The van der Waals surface area contributed by atoms with E-state index in [2.05, 4.69) is 21.4 Å². The Morgan fingerprint density at radius 1 is 1.27 bits per heavy atom. The largest absolute Gasteiger partial charge is 0.196 e. The van der Waals surface area contributed by atoms with E-state index in [1.54, 1.807) is 4.52 Å². The van der Waals surface area contributed by atoms with Crippen molar-refractivity contribution in [1.82, 2.24) is 19.8 Å². The van der Waals surface area contributed by atoms with E-state index in [9.17, 15) is 0 Å². The second-order valence-corrected chi connectivity index (χ2v) is 4.11. The minimum atomic E-state index is 0.354. The summed E-state index contributed by atoms with van der Waals surface area (Å²) in [5, 5.41) is 12.6. The number of hydrogen-bond acceptors (Lipinski definition) is 3. The third-order valence-electron chi connectivity index (χ3n) is 2.85.